The Hall–Kier alpha value is -0.520. The molecule has 0 aliphatic carbocycles. The summed E-state index contributed by atoms with van der Waals surface area (Å²) < 4.78 is 0. The van der Waals surface area contributed by atoms with Crippen LogP contribution in [0, 0.1) is 21.7 Å². The van der Waals surface area contributed by atoms with Crippen molar-refractivity contribution in [2.24, 2.45) is 21.7 Å². The van der Waals surface area contributed by atoms with Crippen molar-refractivity contribution in [3.8, 4) is 0 Å². The van der Waals surface area contributed by atoms with E-state index in [1.807, 2.05) is 0 Å². The molecule has 0 radical (unpaired) electrons. The molecule has 0 aromatic rings. The van der Waals surface area contributed by atoms with Crippen molar-refractivity contribution < 1.29 is 0 Å². The minimum Gasteiger partial charge on any atom is -0.0564 e. The zero-order chi connectivity index (χ0) is 18.3. The van der Waals surface area contributed by atoms with Crippen molar-refractivity contribution in [1.29, 1.82) is 0 Å². The van der Waals surface area contributed by atoms with E-state index in [-0.39, 0.29) is 21.7 Å². The molecule has 0 amide bonds. The van der Waals surface area contributed by atoms with Crippen LogP contribution in [-0.2, 0) is 0 Å². The Morgan fingerprint density at radius 2 is 0.500 bits per heavy atom. The lowest BCUT2D eigenvalue weighted by Crippen LogP contribution is -2.27. The molecule has 130 valence electrons. The van der Waals surface area contributed by atoms with Crippen LogP contribution in [0.4, 0.5) is 0 Å². The first-order chi connectivity index (χ1) is 9.31. The normalized spacial score (nSPS) is 13.9. The molecule has 0 heterocycles. The standard InChI is InChI=1S/C22H42/c1-15(17(19(3,4)5)20(6,7)8)16(2)18(21(9,10)11)22(12,13)14/h1-14H3. The zero-order valence-electron chi connectivity index (χ0n) is 18.0. The summed E-state index contributed by atoms with van der Waals surface area (Å²) in [5.41, 5.74) is 6.86. The van der Waals surface area contributed by atoms with E-state index in [4.69, 9.17) is 0 Å². The molecule has 0 N–H and O–H groups in total. The molecule has 0 nitrogen and oxygen atoms in total. The van der Waals surface area contributed by atoms with Gasteiger partial charge in [-0.25, -0.2) is 0 Å². The monoisotopic (exact) mass is 306 g/mol. The fourth-order valence-corrected chi connectivity index (χ4v) is 4.88. The molecule has 0 aliphatic rings. The summed E-state index contributed by atoms with van der Waals surface area (Å²) >= 11 is 0. The van der Waals surface area contributed by atoms with Gasteiger partial charge in [-0.05, 0) is 46.7 Å². The Balaban J connectivity index is 6.73. The SMILES string of the molecule is CC(C(C)=C(C(C)(C)C)C(C)(C)C)=C(C(C)(C)C)C(C)(C)C. The van der Waals surface area contributed by atoms with Gasteiger partial charge in [0, 0.05) is 0 Å². The Kier molecular flexibility index (Phi) is 6.03. The molecule has 0 aromatic carbocycles. The highest BCUT2D eigenvalue weighted by Gasteiger charge is 2.34. The molecule has 0 saturated heterocycles. The number of hydrogen-bond donors (Lipinski definition) is 0. The largest absolute Gasteiger partial charge is 0.0564 e. The Morgan fingerprint density at radius 1 is 0.364 bits per heavy atom. The molecule has 0 aliphatic heterocycles. The van der Waals surface area contributed by atoms with Gasteiger partial charge in [0.25, 0.3) is 0 Å². The predicted octanol–water partition coefficient (Wildman–Crippen LogP) is 7.80. The summed E-state index contributed by atoms with van der Waals surface area (Å²) in [6.07, 6.45) is 0. The van der Waals surface area contributed by atoms with Gasteiger partial charge in [0.2, 0.25) is 0 Å². The first kappa shape index (κ1) is 21.5. The van der Waals surface area contributed by atoms with Gasteiger partial charge in [0.15, 0.2) is 0 Å². The Bertz CT molecular complexity index is 376. The van der Waals surface area contributed by atoms with Gasteiger partial charge in [0.1, 0.15) is 0 Å². The van der Waals surface area contributed by atoms with Gasteiger partial charge in [-0.3, -0.25) is 0 Å². The van der Waals surface area contributed by atoms with E-state index in [1.54, 1.807) is 11.1 Å². The molecule has 0 aromatic heterocycles. The molecule has 0 unspecified atom stereocenters. The van der Waals surface area contributed by atoms with Crippen molar-refractivity contribution in [2.75, 3.05) is 0 Å². The number of rotatable bonds is 1. The summed E-state index contributed by atoms with van der Waals surface area (Å²) in [7, 11) is 0. The highest BCUT2D eigenvalue weighted by Crippen LogP contribution is 2.47. The first-order valence-corrected chi connectivity index (χ1v) is 8.75. The van der Waals surface area contributed by atoms with Crippen molar-refractivity contribution >= 4 is 0 Å². The zero-order valence-corrected chi connectivity index (χ0v) is 18.0. The average Bonchev–Trinajstić information content (AvgIpc) is 2.06. The molecule has 0 atom stereocenters. The fraction of sp³-hybridized carbons (Fsp3) is 0.818. The second-order valence-corrected chi connectivity index (χ2v) is 11.0. The van der Waals surface area contributed by atoms with Gasteiger partial charge < -0.3 is 0 Å². The van der Waals surface area contributed by atoms with Crippen LogP contribution in [0.2, 0.25) is 0 Å². The van der Waals surface area contributed by atoms with E-state index in [1.165, 1.54) is 11.1 Å². The molecule has 0 saturated carbocycles. The Morgan fingerprint density at radius 3 is 0.591 bits per heavy atom. The third kappa shape index (κ3) is 5.28. The van der Waals surface area contributed by atoms with E-state index in [0.29, 0.717) is 0 Å². The fourth-order valence-electron chi connectivity index (χ4n) is 4.88. The lowest BCUT2D eigenvalue weighted by Gasteiger charge is -2.40. The highest BCUT2D eigenvalue weighted by molar-refractivity contribution is 5.43. The minimum atomic E-state index is 0.185. The van der Waals surface area contributed by atoms with Crippen molar-refractivity contribution in [1.82, 2.24) is 0 Å². The molecule has 22 heavy (non-hydrogen) atoms. The van der Waals surface area contributed by atoms with Crippen LogP contribution in [0.25, 0.3) is 0 Å². The molecule has 0 bridgehead atoms. The topological polar surface area (TPSA) is 0 Å². The van der Waals surface area contributed by atoms with E-state index in [9.17, 15) is 0 Å². The predicted molar refractivity (Wildman–Crippen MR) is 103 cm³/mol. The summed E-state index contributed by atoms with van der Waals surface area (Å²) in [5.74, 6) is 0. The van der Waals surface area contributed by atoms with Crippen LogP contribution in [0.1, 0.15) is 96.9 Å². The number of hydrogen-bond acceptors (Lipinski definition) is 0. The highest BCUT2D eigenvalue weighted by atomic mass is 14.4. The maximum atomic E-state index is 2.35. The Labute approximate surface area is 141 Å². The van der Waals surface area contributed by atoms with Gasteiger partial charge in [-0.1, -0.05) is 94.2 Å². The van der Waals surface area contributed by atoms with Gasteiger partial charge in [-0.2, -0.15) is 0 Å². The average molecular weight is 307 g/mol. The molecular weight excluding hydrogens is 264 g/mol. The number of allylic oxidation sites excluding steroid dienone is 4. The smallest absolute Gasteiger partial charge is 0.0162 e. The lowest BCUT2D eigenvalue weighted by atomic mass is 9.65. The van der Waals surface area contributed by atoms with E-state index >= 15 is 0 Å². The molecule has 0 rings (SSSR count). The summed E-state index contributed by atoms with van der Waals surface area (Å²) in [4.78, 5) is 0. The van der Waals surface area contributed by atoms with Gasteiger partial charge in [0.05, 0.1) is 0 Å². The summed E-state index contributed by atoms with van der Waals surface area (Å²) in [6, 6.07) is 0. The van der Waals surface area contributed by atoms with E-state index in [2.05, 4.69) is 96.9 Å². The van der Waals surface area contributed by atoms with E-state index < -0.39 is 0 Å². The van der Waals surface area contributed by atoms with Crippen LogP contribution in [-0.4, -0.2) is 0 Å². The van der Waals surface area contributed by atoms with Crippen LogP contribution in [0.5, 0.6) is 0 Å². The first-order valence-electron chi connectivity index (χ1n) is 8.75. The third-order valence-electron chi connectivity index (χ3n) is 4.31. The summed E-state index contributed by atoms with van der Waals surface area (Å²) in [5, 5.41) is 0. The van der Waals surface area contributed by atoms with Gasteiger partial charge >= 0.3 is 0 Å². The minimum absolute atomic E-state index is 0.185. The third-order valence-corrected chi connectivity index (χ3v) is 4.31. The molecule has 0 heteroatoms. The molecule has 0 spiro atoms. The molecule has 0 fully saturated rings. The van der Waals surface area contributed by atoms with Crippen molar-refractivity contribution in [2.45, 2.75) is 96.9 Å². The van der Waals surface area contributed by atoms with Crippen molar-refractivity contribution in [3.63, 3.8) is 0 Å². The quantitative estimate of drug-likeness (QED) is 0.433. The second-order valence-electron chi connectivity index (χ2n) is 11.0. The maximum Gasteiger partial charge on any atom is -0.0162 e. The lowest BCUT2D eigenvalue weighted by molar-refractivity contribution is 0.347. The van der Waals surface area contributed by atoms with Crippen LogP contribution >= 0.6 is 0 Å². The maximum absolute atomic E-state index is 2.35. The van der Waals surface area contributed by atoms with Crippen molar-refractivity contribution in [3.05, 3.63) is 22.3 Å². The van der Waals surface area contributed by atoms with E-state index in [0.717, 1.165) is 0 Å². The van der Waals surface area contributed by atoms with Crippen LogP contribution in [0.3, 0.4) is 0 Å². The van der Waals surface area contributed by atoms with Crippen LogP contribution < -0.4 is 0 Å². The molecular formula is C22H42. The summed E-state index contributed by atoms with van der Waals surface area (Å²) in [6.45, 7) is 32.8. The van der Waals surface area contributed by atoms with Gasteiger partial charge in [-0.15, -0.1) is 0 Å². The van der Waals surface area contributed by atoms with Crippen LogP contribution in [0.15, 0.2) is 22.3 Å². The second kappa shape index (κ2) is 6.17.